The Hall–Kier alpha value is -1.35. The van der Waals surface area contributed by atoms with E-state index in [1.807, 2.05) is 24.3 Å². The van der Waals surface area contributed by atoms with Crippen LogP contribution in [0.25, 0.3) is 0 Å². The van der Waals surface area contributed by atoms with E-state index in [1.165, 1.54) is 32.8 Å². The Labute approximate surface area is 120 Å². The minimum absolute atomic E-state index is 0.248. The number of ether oxygens (including phenoxy) is 1. The molecule has 1 aromatic rings. The molecule has 0 radical (unpaired) electrons. The highest BCUT2D eigenvalue weighted by molar-refractivity contribution is 5.90. The molecular formula is C17H23NO2. The van der Waals surface area contributed by atoms with E-state index in [-0.39, 0.29) is 5.97 Å². The largest absolute Gasteiger partial charge is 0.465 e. The van der Waals surface area contributed by atoms with Gasteiger partial charge >= 0.3 is 5.97 Å². The van der Waals surface area contributed by atoms with Gasteiger partial charge in [0.1, 0.15) is 0 Å². The molecule has 1 N–H and O–H groups in total. The van der Waals surface area contributed by atoms with Crippen LogP contribution in [0.1, 0.15) is 41.6 Å². The topological polar surface area (TPSA) is 38.3 Å². The van der Waals surface area contributed by atoms with Crippen LogP contribution in [0.3, 0.4) is 0 Å². The summed E-state index contributed by atoms with van der Waals surface area (Å²) in [5.74, 6) is 2.54. The zero-order chi connectivity index (χ0) is 13.9. The molecule has 0 aliphatic heterocycles. The smallest absolute Gasteiger partial charge is 0.338 e. The van der Waals surface area contributed by atoms with E-state index in [9.17, 15) is 4.79 Å². The van der Waals surface area contributed by atoms with Gasteiger partial charge in [-0.15, -0.1) is 0 Å². The summed E-state index contributed by atoms with van der Waals surface area (Å²) in [4.78, 5) is 11.7. The number of carbonyl (C=O) groups excluding carboxylic acids is 1. The Morgan fingerprint density at radius 2 is 2.15 bits per heavy atom. The van der Waals surface area contributed by atoms with Gasteiger partial charge < -0.3 is 10.1 Å². The Balaban J connectivity index is 1.55. The molecule has 0 saturated heterocycles. The van der Waals surface area contributed by atoms with Crippen LogP contribution in [0.15, 0.2) is 24.3 Å². The Bertz CT molecular complexity index is 486. The SMILES string of the molecule is COC(=O)c1ccccc1CNCC1CC2CCC1C2. The number of hydrogen-bond donors (Lipinski definition) is 1. The van der Waals surface area contributed by atoms with Gasteiger partial charge in [-0.05, 0) is 55.2 Å². The molecule has 2 bridgehead atoms. The highest BCUT2D eigenvalue weighted by atomic mass is 16.5. The third-order valence-electron chi connectivity index (χ3n) is 5.03. The highest BCUT2D eigenvalue weighted by Crippen LogP contribution is 2.47. The average Bonchev–Trinajstić information content (AvgIpc) is 3.09. The molecule has 0 aromatic heterocycles. The van der Waals surface area contributed by atoms with Crippen LogP contribution in [0.5, 0.6) is 0 Å². The monoisotopic (exact) mass is 273 g/mol. The van der Waals surface area contributed by atoms with E-state index in [2.05, 4.69) is 5.32 Å². The molecule has 0 heterocycles. The van der Waals surface area contributed by atoms with E-state index >= 15 is 0 Å². The van der Waals surface area contributed by atoms with Gasteiger partial charge in [-0.25, -0.2) is 4.79 Å². The van der Waals surface area contributed by atoms with Gasteiger partial charge in [0.15, 0.2) is 0 Å². The van der Waals surface area contributed by atoms with Crippen LogP contribution in [0.4, 0.5) is 0 Å². The zero-order valence-corrected chi connectivity index (χ0v) is 12.1. The number of methoxy groups -OCH3 is 1. The number of benzene rings is 1. The summed E-state index contributed by atoms with van der Waals surface area (Å²) in [5.41, 5.74) is 1.71. The van der Waals surface area contributed by atoms with Crippen molar-refractivity contribution in [2.24, 2.45) is 17.8 Å². The Morgan fingerprint density at radius 3 is 2.85 bits per heavy atom. The van der Waals surface area contributed by atoms with Gasteiger partial charge in [0, 0.05) is 6.54 Å². The molecule has 0 spiro atoms. The second-order valence-electron chi connectivity index (χ2n) is 6.21. The number of carbonyl (C=O) groups is 1. The molecule has 2 saturated carbocycles. The number of hydrogen-bond acceptors (Lipinski definition) is 3. The van der Waals surface area contributed by atoms with E-state index in [0.717, 1.165) is 36.4 Å². The van der Waals surface area contributed by atoms with Crippen molar-refractivity contribution in [1.29, 1.82) is 0 Å². The summed E-state index contributed by atoms with van der Waals surface area (Å²) < 4.78 is 4.83. The van der Waals surface area contributed by atoms with E-state index < -0.39 is 0 Å². The van der Waals surface area contributed by atoms with E-state index in [4.69, 9.17) is 4.74 Å². The number of esters is 1. The lowest BCUT2D eigenvalue weighted by Gasteiger charge is -2.22. The minimum atomic E-state index is -0.248. The quantitative estimate of drug-likeness (QED) is 0.838. The summed E-state index contributed by atoms with van der Waals surface area (Å²) in [6.07, 6.45) is 5.73. The lowest BCUT2D eigenvalue weighted by Crippen LogP contribution is -2.26. The first kappa shape index (κ1) is 13.6. The van der Waals surface area contributed by atoms with Crippen molar-refractivity contribution < 1.29 is 9.53 Å². The molecule has 20 heavy (non-hydrogen) atoms. The standard InChI is InChI=1S/C17H23NO2/c1-20-17(19)16-5-3-2-4-14(16)10-18-11-15-9-12-6-7-13(15)8-12/h2-5,12-13,15,18H,6-11H2,1H3. The predicted molar refractivity (Wildman–Crippen MR) is 78.4 cm³/mol. The Kier molecular flexibility index (Phi) is 4.06. The summed E-state index contributed by atoms with van der Waals surface area (Å²) in [6.45, 7) is 1.83. The van der Waals surface area contributed by atoms with Crippen molar-refractivity contribution in [3.05, 3.63) is 35.4 Å². The van der Waals surface area contributed by atoms with Crippen molar-refractivity contribution in [2.45, 2.75) is 32.2 Å². The van der Waals surface area contributed by atoms with Crippen molar-refractivity contribution in [3.8, 4) is 0 Å². The van der Waals surface area contributed by atoms with E-state index in [1.54, 1.807) is 0 Å². The van der Waals surface area contributed by atoms with Gasteiger partial charge in [-0.3, -0.25) is 0 Å². The minimum Gasteiger partial charge on any atom is -0.465 e. The maximum atomic E-state index is 11.7. The van der Waals surface area contributed by atoms with Crippen LogP contribution >= 0.6 is 0 Å². The fraction of sp³-hybridized carbons (Fsp3) is 0.588. The third kappa shape index (κ3) is 2.73. The first-order valence-corrected chi connectivity index (χ1v) is 7.65. The third-order valence-corrected chi connectivity index (χ3v) is 5.03. The molecule has 108 valence electrons. The molecule has 3 atom stereocenters. The molecule has 1 aromatic carbocycles. The molecule has 3 unspecified atom stereocenters. The molecule has 3 heteroatoms. The summed E-state index contributed by atoms with van der Waals surface area (Å²) in [5, 5.41) is 3.54. The van der Waals surface area contributed by atoms with E-state index in [0.29, 0.717) is 5.56 Å². The highest BCUT2D eigenvalue weighted by Gasteiger charge is 2.38. The summed E-state index contributed by atoms with van der Waals surface area (Å²) in [7, 11) is 1.43. The molecular weight excluding hydrogens is 250 g/mol. The fourth-order valence-corrected chi connectivity index (χ4v) is 4.00. The number of nitrogens with one attached hydrogen (secondary N) is 1. The van der Waals surface area contributed by atoms with Crippen LogP contribution < -0.4 is 5.32 Å². The second-order valence-corrected chi connectivity index (χ2v) is 6.21. The van der Waals surface area contributed by atoms with Gasteiger partial charge in [0.05, 0.1) is 12.7 Å². The maximum absolute atomic E-state index is 11.7. The maximum Gasteiger partial charge on any atom is 0.338 e. The van der Waals surface area contributed by atoms with Crippen molar-refractivity contribution in [2.75, 3.05) is 13.7 Å². The Morgan fingerprint density at radius 1 is 1.30 bits per heavy atom. The lowest BCUT2D eigenvalue weighted by atomic mass is 9.89. The number of rotatable bonds is 5. The molecule has 2 aliphatic carbocycles. The van der Waals surface area contributed by atoms with Crippen LogP contribution in [0.2, 0.25) is 0 Å². The lowest BCUT2D eigenvalue weighted by molar-refractivity contribution is 0.0599. The molecule has 3 nitrogen and oxygen atoms in total. The van der Waals surface area contributed by atoms with Crippen molar-refractivity contribution in [1.82, 2.24) is 5.32 Å². The van der Waals surface area contributed by atoms with Gasteiger partial charge in [-0.2, -0.15) is 0 Å². The molecule has 2 aliphatic rings. The molecule has 0 amide bonds. The van der Waals surface area contributed by atoms with Gasteiger partial charge in [0.25, 0.3) is 0 Å². The normalized spacial score (nSPS) is 27.8. The van der Waals surface area contributed by atoms with Gasteiger partial charge in [-0.1, -0.05) is 24.6 Å². The van der Waals surface area contributed by atoms with Crippen LogP contribution in [-0.4, -0.2) is 19.6 Å². The van der Waals surface area contributed by atoms with Crippen LogP contribution in [0, 0.1) is 17.8 Å². The summed E-state index contributed by atoms with van der Waals surface area (Å²) in [6, 6.07) is 7.69. The van der Waals surface area contributed by atoms with Gasteiger partial charge in [0.2, 0.25) is 0 Å². The molecule has 3 rings (SSSR count). The van der Waals surface area contributed by atoms with Crippen LogP contribution in [-0.2, 0) is 11.3 Å². The van der Waals surface area contributed by atoms with Crippen molar-refractivity contribution >= 4 is 5.97 Å². The first-order valence-electron chi connectivity index (χ1n) is 7.65. The average molecular weight is 273 g/mol. The van der Waals surface area contributed by atoms with Crippen molar-refractivity contribution in [3.63, 3.8) is 0 Å². The second kappa shape index (κ2) is 5.96. The summed E-state index contributed by atoms with van der Waals surface area (Å²) >= 11 is 0. The fourth-order valence-electron chi connectivity index (χ4n) is 4.00. The first-order chi connectivity index (χ1) is 9.78. The predicted octanol–water partition coefficient (Wildman–Crippen LogP) is 3.00. The number of fused-ring (bicyclic) bond motifs is 2. The molecule has 2 fully saturated rings. The zero-order valence-electron chi connectivity index (χ0n) is 12.1.